The molecule has 1 aliphatic heterocycles. The molecule has 2 aliphatic rings. The molecule has 2 aromatic rings. The van der Waals surface area contributed by atoms with Gasteiger partial charge in [-0.05, 0) is 73.7 Å². The van der Waals surface area contributed by atoms with E-state index in [1.54, 1.807) is 6.07 Å². The zero-order chi connectivity index (χ0) is 17.4. The van der Waals surface area contributed by atoms with Gasteiger partial charge >= 0.3 is 0 Å². The van der Waals surface area contributed by atoms with Crippen LogP contribution in [0.5, 0.6) is 0 Å². The molecule has 5 nitrogen and oxygen atoms in total. The summed E-state index contributed by atoms with van der Waals surface area (Å²) in [5.74, 6) is 0. The molecule has 0 radical (unpaired) electrons. The van der Waals surface area contributed by atoms with Crippen molar-refractivity contribution in [2.24, 2.45) is 0 Å². The average molecular weight is 356 g/mol. The maximum atomic E-state index is 11.5. The van der Waals surface area contributed by atoms with Crippen molar-refractivity contribution in [2.75, 3.05) is 13.1 Å². The molecule has 0 bridgehead atoms. The van der Waals surface area contributed by atoms with E-state index in [1.165, 1.54) is 17.2 Å². The van der Waals surface area contributed by atoms with Crippen LogP contribution in [0, 0.1) is 0 Å². The first kappa shape index (κ1) is 16.4. The first-order chi connectivity index (χ1) is 12.0. The van der Waals surface area contributed by atoms with E-state index in [-0.39, 0.29) is 4.90 Å². The molecule has 0 unspecified atom stereocenters. The number of aromatic nitrogens is 1. The van der Waals surface area contributed by atoms with Crippen molar-refractivity contribution in [3.63, 3.8) is 0 Å². The molecule has 4 rings (SSSR count). The van der Waals surface area contributed by atoms with Crippen molar-refractivity contribution in [3.8, 4) is 0 Å². The van der Waals surface area contributed by atoms with Crippen LogP contribution in [0.1, 0.15) is 35.2 Å². The van der Waals surface area contributed by atoms with Gasteiger partial charge in [-0.25, -0.2) is 0 Å². The van der Waals surface area contributed by atoms with Gasteiger partial charge in [-0.2, -0.15) is 8.42 Å². The molecule has 2 N–H and O–H groups in total. The first-order valence-corrected chi connectivity index (χ1v) is 9.96. The third-order valence-electron chi connectivity index (χ3n) is 5.00. The number of fused-ring (bicyclic) bond motifs is 2. The van der Waals surface area contributed by atoms with Crippen LogP contribution in [0.15, 0.2) is 47.0 Å². The lowest BCUT2D eigenvalue weighted by atomic mass is 9.89. The quantitative estimate of drug-likeness (QED) is 0.768. The van der Waals surface area contributed by atoms with Crippen LogP contribution in [0.4, 0.5) is 0 Å². The number of hydrogen-bond acceptors (Lipinski definition) is 4. The Kier molecular flexibility index (Phi) is 4.19. The fraction of sp³-hybridized carbons (Fsp3) is 0.316. The minimum absolute atomic E-state index is 0.0418. The fourth-order valence-corrected chi connectivity index (χ4v) is 4.31. The number of aryl methyl sites for hydroxylation is 2. The summed E-state index contributed by atoms with van der Waals surface area (Å²) in [6.45, 7) is 1.89. The van der Waals surface area contributed by atoms with E-state index in [4.69, 9.17) is 0 Å². The Labute approximate surface area is 147 Å². The van der Waals surface area contributed by atoms with E-state index in [1.807, 2.05) is 18.3 Å². The molecule has 1 aromatic heterocycles. The molecular weight excluding hydrogens is 336 g/mol. The Hall–Kier alpha value is -2.02. The molecule has 0 amide bonds. The minimum Gasteiger partial charge on any atom is -0.316 e. The van der Waals surface area contributed by atoms with Crippen molar-refractivity contribution in [1.29, 1.82) is 0 Å². The second-order valence-corrected chi connectivity index (χ2v) is 7.96. The van der Waals surface area contributed by atoms with Gasteiger partial charge in [-0.15, -0.1) is 0 Å². The zero-order valence-electron chi connectivity index (χ0n) is 13.8. The Balaban J connectivity index is 1.96. The van der Waals surface area contributed by atoms with Crippen molar-refractivity contribution in [3.05, 3.63) is 64.5 Å². The van der Waals surface area contributed by atoms with Crippen molar-refractivity contribution >= 4 is 15.7 Å². The number of hydrogen-bond donors (Lipinski definition) is 2. The van der Waals surface area contributed by atoms with E-state index in [0.29, 0.717) is 0 Å². The van der Waals surface area contributed by atoms with E-state index >= 15 is 0 Å². The molecule has 1 saturated heterocycles. The zero-order valence-corrected chi connectivity index (χ0v) is 14.6. The van der Waals surface area contributed by atoms with Gasteiger partial charge in [0.1, 0.15) is 0 Å². The van der Waals surface area contributed by atoms with Crippen LogP contribution in [-0.4, -0.2) is 31.0 Å². The van der Waals surface area contributed by atoms with Crippen LogP contribution in [0.25, 0.3) is 5.57 Å². The van der Waals surface area contributed by atoms with Gasteiger partial charge in [0, 0.05) is 11.8 Å². The van der Waals surface area contributed by atoms with Crippen molar-refractivity contribution in [2.45, 2.75) is 30.6 Å². The summed E-state index contributed by atoms with van der Waals surface area (Å²) in [6, 6.07) is 8.97. The van der Waals surface area contributed by atoms with Gasteiger partial charge in [-0.3, -0.25) is 9.54 Å². The number of nitrogens with one attached hydrogen (secondary N) is 1. The monoisotopic (exact) mass is 356 g/mol. The summed E-state index contributed by atoms with van der Waals surface area (Å²) >= 11 is 0. The Morgan fingerprint density at radius 1 is 1.00 bits per heavy atom. The van der Waals surface area contributed by atoms with Gasteiger partial charge in [0.2, 0.25) is 0 Å². The van der Waals surface area contributed by atoms with Gasteiger partial charge in [0.05, 0.1) is 10.6 Å². The van der Waals surface area contributed by atoms with Crippen LogP contribution in [-0.2, 0) is 23.0 Å². The number of piperidine rings is 1. The van der Waals surface area contributed by atoms with Gasteiger partial charge < -0.3 is 5.32 Å². The van der Waals surface area contributed by atoms with Gasteiger partial charge in [-0.1, -0.05) is 17.7 Å². The predicted molar refractivity (Wildman–Crippen MR) is 96.0 cm³/mol. The second kappa shape index (κ2) is 6.37. The molecule has 1 fully saturated rings. The van der Waals surface area contributed by atoms with Crippen molar-refractivity contribution < 1.29 is 13.0 Å². The largest absolute Gasteiger partial charge is 0.316 e. The molecule has 0 saturated carbocycles. The van der Waals surface area contributed by atoms with Crippen LogP contribution in [0.2, 0.25) is 0 Å². The summed E-state index contributed by atoms with van der Waals surface area (Å²) in [5, 5.41) is 3.38. The van der Waals surface area contributed by atoms with Crippen LogP contribution in [0.3, 0.4) is 0 Å². The first-order valence-electron chi connectivity index (χ1n) is 8.52. The number of benzene rings is 1. The lowest BCUT2D eigenvalue weighted by Crippen LogP contribution is -2.24. The molecule has 130 valence electrons. The van der Waals surface area contributed by atoms with Crippen LogP contribution >= 0.6 is 0 Å². The Bertz CT molecular complexity index is 956. The molecule has 25 heavy (non-hydrogen) atoms. The predicted octanol–water partition coefficient (Wildman–Crippen LogP) is 2.61. The molecule has 1 aromatic carbocycles. The number of nitrogens with zero attached hydrogens (tertiary/aromatic N) is 1. The highest BCUT2D eigenvalue weighted by Gasteiger charge is 2.24. The summed E-state index contributed by atoms with van der Waals surface area (Å²) in [6.07, 6.45) is 5.28. The molecule has 6 heteroatoms. The van der Waals surface area contributed by atoms with Gasteiger partial charge in [0.15, 0.2) is 0 Å². The highest BCUT2D eigenvalue weighted by molar-refractivity contribution is 7.85. The highest BCUT2D eigenvalue weighted by atomic mass is 32.2. The third-order valence-corrected chi connectivity index (χ3v) is 5.85. The Morgan fingerprint density at radius 2 is 1.76 bits per heavy atom. The molecule has 1 aliphatic carbocycles. The minimum atomic E-state index is -4.20. The van der Waals surface area contributed by atoms with E-state index < -0.39 is 10.1 Å². The lowest BCUT2D eigenvalue weighted by molar-refractivity contribution is 0.483. The Morgan fingerprint density at radius 3 is 2.52 bits per heavy atom. The summed E-state index contributed by atoms with van der Waals surface area (Å²) in [5.41, 5.74) is 6.70. The maximum absolute atomic E-state index is 11.5. The van der Waals surface area contributed by atoms with E-state index in [9.17, 15) is 13.0 Å². The van der Waals surface area contributed by atoms with E-state index in [2.05, 4.69) is 16.4 Å². The molecular formula is C19H20N2O3S. The number of rotatable bonds is 1. The SMILES string of the molecule is O=S(=O)(O)c1ccc2c(c1)CCc1cccnc1C2=C1CCNCC1. The topological polar surface area (TPSA) is 79.3 Å². The summed E-state index contributed by atoms with van der Waals surface area (Å²) in [4.78, 5) is 4.62. The van der Waals surface area contributed by atoms with Gasteiger partial charge in [0.25, 0.3) is 10.1 Å². The van der Waals surface area contributed by atoms with E-state index in [0.717, 1.165) is 61.2 Å². The maximum Gasteiger partial charge on any atom is 0.294 e. The molecule has 2 heterocycles. The van der Waals surface area contributed by atoms with Crippen molar-refractivity contribution in [1.82, 2.24) is 10.3 Å². The summed E-state index contributed by atoms with van der Waals surface area (Å²) < 4.78 is 32.4. The average Bonchev–Trinajstić information content (AvgIpc) is 2.78. The lowest BCUT2D eigenvalue weighted by Gasteiger charge is -2.22. The standard InChI is InChI=1S/C19H20N2O3S/c22-25(23,24)16-5-6-17-15(12-16)4-3-14-2-1-9-21-19(14)18(17)13-7-10-20-11-8-13/h1-2,5-6,9,12,20H,3-4,7-8,10-11H2,(H,22,23,24). The molecule has 0 spiro atoms. The smallest absolute Gasteiger partial charge is 0.294 e. The highest BCUT2D eigenvalue weighted by Crippen LogP contribution is 2.37. The molecule has 0 atom stereocenters. The second-order valence-electron chi connectivity index (χ2n) is 6.53. The number of pyridine rings is 1. The van der Waals surface area contributed by atoms with Crippen LogP contribution < -0.4 is 5.32 Å². The fourth-order valence-electron chi connectivity index (χ4n) is 3.78. The summed E-state index contributed by atoms with van der Waals surface area (Å²) in [7, 11) is -4.20. The third kappa shape index (κ3) is 3.13. The normalized spacial score (nSPS) is 17.6.